The third-order valence-electron chi connectivity index (χ3n) is 3.16. The Morgan fingerprint density at radius 1 is 0.833 bits per heavy atom. The highest BCUT2D eigenvalue weighted by atomic mass is 32.2. The number of rotatable bonds is 5. The summed E-state index contributed by atoms with van der Waals surface area (Å²) >= 11 is 1.95. The van der Waals surface area contributed by atoms with E-state index in [0.717, 1.165) is 18.6 Å². The van der Waals surface area contributed by atoms with Crippen LogP contribution in [0, 0.1) is 0 Å². The normalized spacial score (nSPS) is 10.6. The van der Waals surface area contributed by atoms with Gasteiger partial charge in [0.15, 0.2) is 0 Å². The minimum Gasteiger partial charge on any atom is -0.121 e. The minimum absolute atomic E-state index is 1.06. The fourth-order valence-electron chi connectivity index (χ4n) is 1.98. The van der Waals surface area contributed by atoms with Gasteiger partial charge in [-0.25, -0.2) is 0 Å². The van der Waals surface area contributed by atoms with E-state index >= 15 is 0 Å². The molecule has 0 saturated heterocycles. The van der Waals surface area contributed by atoms with Crippen LogP contribution >= 0.6 is 11.8 Å². The summed E-state index contributed by atoms with van der Waals surface area (Å²) in [6, 6.07) is 17.6. The molecule has 0 aliphatic carbocycles. The molecule has 2 aromatic carbocycles. The Hall–Kier alpha value is -1.21. The molecule has 0 aromatic heterocycles. The Bertz CT molecular complexity index is 488. The number of hydrogen-bond donors (Lipinski definition) is 0. The number of thioether (sulfide) groups is 1. The summed E-state index contributed by atoms with van der Waals surface area (Å²) in [6.45, 7) is 4.44. The zero-order valence-electron chi connectivity index (χ0n) is 11.1. The van der Waals surface area contributed by atoms with E-state index in [1.54, 1.807) is 0 Å². The molecular weight excluding hydrogens is 236 g/mol. The Morgan fingerprint density at radius 2 is 1.61 bits per heavy atom. The van der Waals surface area contributed by atoms with Crippen LogP contribution in [-0.4, -0.2) is 0 Å². The van der Waals surface area contributed by atoms with Gasteiger partial charge in [-0.3, -0.25) is 0 Å². The van der Waals surface area contributed by atoms with Gasteiger partial charge in [0.2, 0.25) is 0 Å². The monoisotopic (exact) mass is 256 g/mol. The summed E-state index contributed by atoms with van der Waals surface area (Å²) in [5.41, 5.74) is 4.29. The van der Waals surface area contributed by atoms with Gasteiger partial charge in [0.25, 0.3) is 0 Å². The Labute approximate surface area is 114 Å². The molecule has 0 radical (unpaired) electrons. The lowest BCUT2D eigenvalue weighted by molar-refractivity contribution is 1.05. The first kappa shape index (κ1) is 13.2. The topological polar surface area (TPSA) is 0 Å². The molecule has 2 rings (SSSR count). The Balaban J connectivity index is 2.12. The van der Waals surface area contributed by atoms with Gasteiger partial charge in [0, 0.05) is 10.6 Å². The van der Waals surface area contributed by atoms with Crippen LogP contribution in [0.1, 0.15) is 30.5 Å². The van der Waals surface area contributed by atoms with Crippen molar-refractivity contribution in [2.24, 2.45) is 0 Å². The molecule has 94 valence electrons. The fraction of sp³-hybridized carbons (Fsp3) is 0.294. The van der Waals surface area contributed by atoms with Gasteiger partial charge in [-0.15, -0.1) is 11.8 Å². The number of aryl methyl sites for hydroxylation is 2. The first-order valence-corrected chi connectivity index (χ1v) is 7.60. The predicted octanol–water partition coefficient (Wildman–Crippen LogP) is 5.10. The second kappa shape index (κ2) is 6.65. The van der Waals surface area contributed by atoms with Crippen molar-refractivity contribution in [1.29, 1.82) is 0 Å². The first-order chi connectivity index (χ1) is 8.83. The molecule has 0 bridgehead atoms. The third kappa shape index (κ3) is 3.39. The van der Waals surface area contributed by atoms with Gasteiger partial charge < -0.3 is 0 Å². The lowest BCUT2D eigenvalue weighted by Crippen LogP contribution is -1.90. The van der Waals surface area contributed by atoms with E-state index in [9.17, 15) is 0 Å². The van der Waals surface area contributed by atoms with E-state index in [1.165, 1.54) is 21.6 Å². The van der Waals surface area contributed by atoms with Crippen LogP contribution in [0.4, 0.5) is 0 Å². The zero-order chi connectivity index (χ0) is 12.8. The Morgan fingerprint density at radius 3 is 2.28 bits per heavy atom. The van der Waals surface area contributed by atoms with Crippen LogP contribution < -0.4 is 0 Å². The summed E-state index contributed by atoms with van der Waals surface area (Å²) in [6.07, 6.45) is 2.23. The summed E-state index contributed by atoms with van der Waals surface area (Å²) in [4.78, 5) is 1.45. The number of benzene rings is 2. The molecule has 0 atom stereocenters. The molecule has 0 spiro atoms. The van der Waals surface area contributed by atoms with E-state index in [-0.39, 0.29) is 0 Å². The molecule has 0 saturated carbocycles. The molecule has 0 nitrogen and oxygen atoms in total. The quantitative estimate of drug-likeness (QED) is 0.670. The van der Waals surface area contributed by atoms with E-state index in [4.69, 9.17) is 0 Å². The molecule has 0 aliphatic rings. The summed E-state index contributed by atoms with van der Waals surface area (Å²) in [5, 5.41) is 0. The highest BCUT2D eigenvalue weighted by Crippen LogP contribution is 2.28. The van der Waals surface area contributed by atoms with Crippen LogP contribution in [0.5, 0.6) is 0 Å². The van der Waals surface area contributed by atoms with Gasteiger partial charge >= 0.3 is 0 Å². The lowest BCUT2D eigenvalue weighted by atomic mass is 10.1. The second-order valence-electron chi connectivity index (χ2n) is 4.42. The molecule has 0 fully saturated rings. The van der Waals surface area contributed by atoms with E-state index in [1.807, 2.05) is 11.8 Å². The molecular formula is C17H20S. The standard InChI is InChI=1S/C17H20S/c1-3-14-10-11-16(4-2)17(12-14)18-13-15-8-6-5-7-9-15/h5-12H,3-4,13H2,1-2H3. The molecule has 2 aromatic rings. The minimum atomic E-state index is 1.06. The summed E-state index contributed by atoms with van der Waals surface area (Å²) < 4.78 is 0. The summed E-state index contributed by atoms with van der Waals surface area (Å²) in [7, 11) is 0. The van der Waals surface area contributed by atoms with E-state index in [0.29, 0.717) is 0 Å². The molecule has 0 amide bonds. The van der Waals surface area contributed by atoms with E-state index < -0.39 is 0 Å². The molecule has 0 aliphatic heterocycles. The number of hydrogen-bond acceptors (Lipinski definition) is 1. The van der Waals surface area contributed by atoms with Crippen LogP contribution in [0.3, 0.4) is 0 Å². The highest BCUT2D eigenvalue weighted by molar-refractivity contribution is 7.98. The zero-order valence-corrected chi connectivity index (χ0v) is 12.0. The maximum atomic E-state index is 2.35. The van der Waals surface area contributed by atoms with Gasteiger partial charge in [0.05, 0.1) is 0 Å². The average molecular weight is 256 g/mol. The largest absolute Gasteiger partial charge is 0.121 e. The van der Waals surface area contributed by atoms with Crippen LogP contribution in [0.25, 0.3) is 0 Å². The second-order valence-corrected chi connectivity index (χ2v) is 5.44. The molecule has 0 N–H and O–H groups in total. The average Bonchev–Trinajstić information content (AvgIpc) is 2.45. The molecule has 0 unspecified atom stereocenters. The molecule has 0 heterocycles. The fourth-order valence-corrected chi connectivity index (χ4v) is 3.13. The van der Waals surface area contributed by atoms with Gasteiger partial charge in [-0.2, -0.15) is 0 Å². The van der Waals surface area contributed by atoms with Crippen molar-refractivity contribution < 1.29 is 0 Å². The SMILES string of the molecule is CCc1ccc(CC)c(SCc2ccccc2)c1. The van der Waals surface area contributed by atoms with Crippen molar-refractivity contribution in [2.75, 3.05) is 0 Å². The van der Waals surface area contributed by atoms with Gasteiger partial charge in [0.1, 0.15) is 0 Å². The summed E-state index contributed by atoms with van der Waals surface area (Å²) in [5.74, 6) is 1.06. The maximum Gasteiger partial charge on any atom is 0.0232 e. The molecule has 18 heavy (non-hydrogen) atoms. The lowest BCUT2D eigenvalue weighted by Gasteiger charge is -2.09. The predicted molar refractivity (Wildman–Crippen MR) is 81.2 cm³/mol. The van der Waals surface area contributed by atoms with Gasteiger partial charge in [-0.05, 0) is 35.6 Å². The van der Waals surface area contributed by atoms with Crippen LogP contribution in [0.2, 0.25) is 0 Å². The molecule has 1 heteroatoms. The van der Waals surface area contributed by atoms with Crippen molar-refractivity contribution in [3.05, 3.63) is 65.2 Å². The first-order valence-electron chi connectivity index (χ1n) is 6.62. The van der Waals surface area contributed by atoms with Crippen molar-refractivity contribution in [3.63, 3.8) is 0 Å². The highest BCUT2D eigenvalue weighted by Gasteiger charge is 2.03. The smallest absolute Gasteiger partial charge is 0.0232 e. The Kier molecular flexibility index (Phi) is 4.89. The van der Waals surface area contributed by atoms with Crippen LogP contribution in [0.15, 0.2) is 53.4 Å². The maximum absolute atomic E-state index is 2.35. The van der Waals surface area contributed by atoms with E-state index in [2.05, 4.69) is 62.4 Å². The van der Waals surface area contributed by atoms with Crippen molar-refractivity contribution in [1.82, 2.24) is 0 Å². The third-order valence-corrected chi connectivity index (χ3v) is 4.33. The van der Waals surface area contributed by atoms with Crippen molar-refractivity contribution in [2.45, 2.75) is 37.3 Å². The van der Waals surface area contributed by atoms with Crippen molar-refractivity contribution >= 4 is 11.8 Å². The van der Waals surface area contributed by atoms with Crippen LogP contribution in [-0.2, 0) is 18.6 Å². The van der Waals surface area contributed by atoms with Gasteiger partial charge in [-0.1, -0.05) is 56.3 Å². The van der Waals surface area contributed by atoms with Crippen molar-refractivity contribution in [3.8, 4) is 0 Å².